The van der Waals surface area contributed by atoms with Gasteiger partial charge in [0.15, 0.2) is 0 Å². The first kappa shape index (κ1) is 8.82. The first-order valence-electron chi connectivity index (χ1n) is 0.770. The molecule has 0 atom stereocenters. The minimum atomic E-state index is -0.167. The lowest BCUT2D eigenvalue weighted by Gasteiger charge is -1.42. The van der Waals surface area contributed by atoms with Crippen LogP contribution in [0.1, 0.15) is 0 Å². The third-order valence-electron chi connectivity index (χ3n) is 0.0476. The summed E-state index contributed by atoms with van der Waals surface area (Å²) < 4.78 is 20.3. The predicted molar refractivity (Wildman–Crippen MR) is 13.9 cm³/mol. The molecule has 0 aliphatic rings. The van der Waals surface area contributed by atoms with Gasteiger partial charge in [-0.3, -0.25) is 4.70 Å². The van der Waals surface area contributed by atoms with Crippen molar-refractivity contribution in [3.63, 3.8) is 0 Å². The molecule has 0 N–H and O–H groups in total. The van der Waals surface area contributed by atoms with E-state index in [1.807, 2.05) is 0 Å². The van der Waals surface area contributed by atoms with Crippen LogP contribution in [-0.4, -0.2) is 0 Å². The van der Waals surface area contributed by atoms with Gasteiger partial charge >= 0.3 is 0 Å². The largest absolute Gasteiger partial charge is 0.269 e. The maximum Gasteiger partial charge on any atom is 0.115 e. The van der Waals surface area contributed by atoms with Gasteiger partial charge < -0.3 is 0 Å². The van der Waals surface area contributed by atoms with Crippen molar-refractivity contribution in [2.24, 2.45) is 0 Å². The molecule has 0 unspecified atom stereocenters. The van der Waals surface area contributed by atoms with E-state index in [4.69, 9.17) is 0 Å². The zero-order valence-electron chi connectivity index (χ0n) is 2.32. The molecule has 0 aliphatic carbocycles. The van der Waals surface area contributed by atoms with E-state index in [0.717, 1.165) is 0 Å². The third kappa shape index (κ3) is 29.4. The molecule has 0 spiro atoms. The maximum absolute atomic E-state index is 10.2. The molecule has 5 heavy (non-hydrogen) atoms. The maximum atomic E-state index is 10.2. The summed E-state index contributed by atoms with van der Waals surface area (Å²) in [6.07, 6.45) is -0.333. The molecule has 0 aromatic heterocycles. The molecule has 3 heteroatoms. The molecule has 0 nitrogen and oxygen atoms in total. The third-order valence-corrected chi connectivity index (χ3v) is 0.0476. The zero-order chi connectivity index (χ0) is 3.41. The Morgan fingerprint density at radius 3 is 1.20 bits per heavy atom. The zero-order valence-corrected chi connectivity index (χ0v) is 2.32. The number of halogens is 3. The van der Waals surface area contributed by atoms with Gasteiger partial charge in [0.1, 0.15) is 12.7 Å². The molecule has 0 saturated heterocycles. The topological polar surface area (TPSA) is 0 Å². The molecule has 0 aromatic rings. The molecule has 0 heterocycles. The van der Waals surface area contributed by atoms with Crippen LogP contribution in [0.4, 0.5) is 13.5 Å². The van der Waals surface area contributed by atoms with Crippen molar-refractivity contribution in [1.29, 1.82) is 0 Å². The Bertz CT molecular complexity index is 20.1. The van der Waals surface area contributed by atoms with Crippen LogP contribution in [0, 0.1) is 0 Å². The van der Waals surface area contributed by atoms with E-state index >= 15 is 0 Å². The fourth-order valence-corrected chi connectivity index (χ4v) is 0. The average Bonchev–Trinajstić information content (AvgIpc) is 1.37. The van der Waals surface area contributed by atoms with Gasteiger partial charge in [0.05, 0.1) is 0 Å². The molecule has 0 fully saturated rings. The highest BCUT2D eigenvalue weighted by atomic mass is 19.2. The second-order valence-corrected chi connectivity index (χ2v) is 0.252. The Hall–Kier alpha value is -0.470. The Morgan fingerprint density at radius 1 is 1.00 bits per heavy atom. The summed E-state index contributed by atoms with van der Waals surface area (Å²) in [4.78, 5) is 0. The quantitative estimate of drug-likeness (QED) is 0.417. The van der Waals surface area contributed by atoms with E-state index in [0.29, 0.717) is 0 Å². The van der Waals surface area contributed by atoms with Crippen molar-refractivity contribution in [1.82, 2.24) is 0 Å². The smallest absolute Gasteiger partial charge is 0.115 e. The van der Waals surface area contributed by atoms with Crippen LogP contribution in [-0.2, 0) is 0 Å². The molecular formula is C2H3F3. The standard InChI is InChI=1S/C2H2F2.FH/c3-1-2-4;/h1-2H;1H/b2-1+;. The number of hydrogen-bond donors (Lipinski definition) is 0. The molecule has 0 rings (SSSR count). The second kappa shape index (κ2) is 9.65. The van der Waals surface area contributed by atoms with E-state index in [1.54, 1.807) is 0 Å². The van der Waals surface area contributed by atoms with Gasteiger partial charge in [-0.25, -0.2) is 8.78 Å². The van der Waals surface area contributed by atoms with E-state index in [1.165, 1.54) is 0 Å². The van der Waals surface area contributed by atoms with Crippen LogP contribution in [0.5, 0.6) is 0 Å². The lowest BCUT2D eigenvalue weighted by Crippen LogP contribution is -1.18. The SMILES string of the molecule is F.F/C=C/F. The highest BCUT2D eigenvalue weighted by Gasteiger charge is 1.43. The van der Waals surface area contributed by atoms with Gasteiger partial charge in [-0.1, -0.05) is 0 Å². The summed E-state index contributed by atoms with van der Waals surface area (Å²) in [7, 11) is 0. The van der Waals surface area contributed by atoms with Crippen LogP contribution in [0.15, 0.2) is 12.7 Å². The predicted octanol–water partition coefficient (Wildman–Crippen LogP) is 1.55. The molecule has 0 radical (unpaired) electrons. The molecule has 0 amide bonds. The van der Waals surface area contributed by atoms with Crippen LogP contribution in [0.2, 0.25) is 0 Å². The Balaban J connectivity index is 0. The summed E-state index contributed by atoms with van der Waals surface area (Å²) in [6, 6.07) is 0. The number of hydrogen-bond acceptors (Lipinski definition) is 0. The molecule has 0 bridgehead atoms. The van der Waals surface area contributed by atoms with Gasteiger partial charge in [-0.15, -0.1) is 0 Å². The Kier molecular flexibility index (Phi) is 17.0. The lowest BCUT2D eigenvalue weighted by molar-refractivity contribution is 0.645. The van der Waals surface area contributed by atoms with Gasteiger partial charge in [0, 0.05) is 0 Å². The van der Waals surface area contributed by atoms with Crippen molar-refractivity contribution >= 4 is 0 Å². The van der Waals surface area contributed by atoms with E-state index in [9.17, 15) is 8.78 Å². The van der Waals surface area contributed by atoms with Gasteiger partial charge in [-0.05, 0) is 0 Å². The van der Waals surface area contributed by atoms with Gasteiger partial charge in [-0.2, -0.15) is 0 Å². The minimum Gasteiger partial charge on any atom is -0.269 e. The summed E-state index contributed by atoms with van der Waals surface area (Å²) in [5.41, 5.74) is 0. The van der Waals surface area contributed by atoms with Crippen LogP contribution < -0.4 is 0 Å². The van der Waals surface area contributed by atoms with Crippen molar-refractivity contribution in [2.75, 3.05) is 0 Å². The Labute approximate surface area is 27.5 Å². The van der Waals surface area contributed by atoms with Crippen molar-refractivity contribution in [2.45, 2.75) is 0 Å². The van der Waals surface area contributed by atoms with Gasteiger partial charge in [0.25, 0.3) is 0 Å². The summed E-state index contributed by atoms with van der Waals surface area (Å²) in [5.74, 6) is 0. The first-order valence-corrected chi connectivity index (χ1v) is 0.770. The van der Waals surface area contributed by atoms with E-state index in [-0.39, 0.29) is 17.4 Å². The first-order chi connectivity index (χ1) is 1.91. The van der Waals surface area contributed by atoms with E-state index in [2.05, 4.69) is 0 Å². The highest BCUT2D eigenvalue weighted by molar-refractivity contribution is 4.51. The van der Waals surface area contributed by atoms with Crippen molar-refractivity contribution in [3.05, 3.63) is 12.7 Å². The Morgan fingerprint density at radius 2 is 1.20 bits per heavy atom. The van der Waals surface area contributed by atoms with Gasteiger partial charge in [0.2, 0.25) is 0 Å². The van der Waals surface area contributed by atoms with Crippen LogP contribution in [0.25, 0.3) is 0 Å². The fraction of sp³-hybridized carbons (Fsp3) is 0. The molecule has 32 valence electrons. The summed E-state index contributed by atoms with van der Waals surface area (Å²) in [5, 5.41) is 0. The van der Waals surface area contributed by atoms with Crippen molar-refractivity contribution in [3.8, 4) is 0 Å². The van der Waals surface area contributed by atoms with Crippen LogP contribution in [0.3, 0.4) is 0 Å². The van der Waals surface area contributed by atoms with Crippen LogP contribution >= 0.6 is 0 Å². The monoisotopic (exact) mass is 84.0 g/mol. The lowest BCUT2D eigenvalue weighted by atomic mass is 11.2. The summed E-state index contributed by atoms with van der Waals surface area (Å²) in [6.45, 7) is 0. The molecule has 0 aliphatic heterocycles. The van der Waals surface area contributed by atoms with Crippen molar-refractivity contribution < 1.29 is 13.5 Å². The van der Waals surface area contributed by atoms with E-state index < -0.39 is 0 Å². The second-order valence-electron chi connectivity index (χ2n) is 0.252. The fourth-order valence-electron chi connectivity index (χ4n) is 0. The molecule has 0 aromatic carbocycles. The normalized spacial score (nSPS) is 7.60. The molecular weight excluding hydrogens is 81.0 g/mol. The average molecular weight is 84.0 g/mol. The molecule has 0 saturated carbocycles. The summed E-state index contributed by atoms with van der Waals surface area (Å²) >= 11 is 0. The number of rotatable bonds is 0. The minimum absolute atomic E-state index is 0. The highest BCUT2D eigenvalue weighted by Crippen LogP contribution is 1.67.